The second-order valence-electron chi connectivity index (χ2n) is 2.64. The van der Waals surface area contributed by atoms with Gasteiger partial charge in [0, 0.05) is 17.1 Å². The Labute approximate surface area is 134 Å². The normalized spacial score (nSPS) is 6.81. The molecule has 0 aliphatic rings. The Bertz CT molecular complexity index is 454. The predicted molar refractivity (Wildman–Crippen MR) is 68.1 cm³/mol. The molecule has 0 saturated carbocycles. The van der Waals surface area contributed by atoms with E-state index in [0.29, 0.717) is 6.61 Å². The third-order valence-electron chi connectivity index (χ3n) is 1.63. The molecule has 1 aromatic carbocycles. The molecule has 1 rings (SSSR count). The van der Waals surface area contributed by atoms with Gasteiger partial charge < -0.3 is 4.74 Å². The van der Waals surface area contributed by atoms with E-state index in [1.807, 2.05) is 43.3 Å². The maximum atomic E-state index is 10.4. The SMILES string of the molecule is CCOC(=C=O)/C=C/c1ccccc1.[C-]#[O+].[C-]#[O+].[C-]#[O+].[Fe]. The van der Waals surface area contributed by atoms with Crippen LogP contribution in [0.15, 0.2) is 42.2 Å². The van der Waals surface area contributed by atoms with Gasteiger partial charge in [-0.2, -0.15) is 0 Å². The molecule has 0 aromatic heterocycles. The van der Waals surface area contributed by atoms with Crippen LogP contribution in [0, 0.1) is 20.0 Å². The van der Waals surface area contributed by atoms with Crippen molar-refractivity contribution < 1.29 is 40.6 Å². The molecule has 0 N–H and O–H groups in total. The second-order valence-corrected chi connectivity index (χ2v) is 2.64. The molecule has 0 unspecified atom stereocenters. The summed E-state index contributed by atoms with van der Waals surface area (Å²) >= 11 is 0. The van der Waals surface area contributed by atoms with E-state index in [4.69, 9.17) is 18.7 Å². The molecule has 110 valence electrons. The van der Waals surface area contributed by atoms with E-state index in [1.165, 1.54) is 0 Å². The van der Waals surface area contributed by atoms with Gasteiger partial charge in [0.1, 0.15) is 0 Å². The number of benzene rings is 1. The van der Waals surface area contributed by atoms with Gasteiger partial charge >= 0.3 is 33.9 Å². The fourth-order valence-corrected chi connectivity index (χ4v) is 1.00. The Morgan fingerprint density at radius 1 is 1.14 bits per heavy atom. The van der Waals surface area contributed by atoms with Gasteiger partial charge in [0.25, 0.3) is 0 Å². The molecule has 0 atom stereocenters. The first kappa shape index (κ1) is 27.3. The quantitative estimate of drug-likeness (QED) is 0.212. The molecule has 0 aliphatic carbocycles. The molecular weight excluding hydrogens is 316 g/mol. The summed E-state index contributed by atoms with van der Waals surface area (Å²) in [7, 11) is 0. The Morgan fingerprint density at radius 2 is 1.62 bits per heavy atom. The van der Waals surface area contributed by atoms with E-state index < -0.39 is 0 Å². The maximum absolute atomic E-state index is 10.4. The van der Waals surface area contributed by atoms with Crippen molar-refractivity contribution in [3.8, 4) is 0 Å². The van der Waals surface area contributed by atoms with Crippen molar-refractivity contribution in [2.24, 2.45) is 0 Å². The number of allylic oxidation sites excluding steroid dienone is 1. The van der Waals surface area contributed by atoms with Crippen molar-refractivity contribution in [1.82, 2.24) is 0 Å². The van der Waals surface area contributed by atoms with Crippen LogP contribution in [0.1, 0.15) is 12.5 Å². The molecule has 6 heteroatoms. The van der Waals surface area contributed by atoms with Crippen LogP contribution >= 0.6 is 0 Å². The Kier molecular flexibility index (Phi) is 34.5. The van der Waals surface area contributed by atoms with E-state index in [2.05, 4.69) is 20.0 Å². The monoisotopic (exact) mass is 328 g/mol. The average molecular weight is 328 g/mol. The van der Waals surface area contributed by atoms with Gasteiger partial charge in [-0.25, -0.2) is 4.79 Å². The summed E-state index contributed by atoms with van der Waals surface area (Å²) in [6, 6.07) is 9.71. The predicted octanol–water partition coefficient (Wildman–Crippen LogP) is 2.34. The third-order valence-corrected chi connectivity index (χ3v) is 1.63. The Balaban J connectivity index is -0.000000183. The molecule has 0 amide bonds. The second kappa shape index (κ2) is 26.5. The van der Waals surface area contributed by atoms with Crippen molar-refractivity contribution in [3.63, 3.8) is 0 Å². The molecular formula is C15H12FeO5. The summed E-state index contributed by atoms with van der Waals surface area (Å²) in [6.07, 6.45) is 3.43. The van der Waals surface area contributed by atoms with Crippen molar-refractivity contribution in [3.05, 3.63) is 67.7 Å². The minimum absolute atomic E-state index is 0. The van der Waals surface area contributed by atoms with Crippen LogP contribution in [-0.4, -0.2) is 12.5 Å². The maximum Gasteiger partial charge on any atom is 0 e. The fraction of sp³-hybridized carbons (Fsp3) is 0.133. The van der Waals surface area contributed by atoms with Gasteiger partial charge in [0.2, 0.25) is 5.76 Å². The summed E-state index contributed by atoms with van der Waals surface area (Å²) in [6.45, 7) is 15.8. The van der Waals surface area contributed by atoms with Crippen LogP contribution in [0.2, 0.25) is 0 Å². The number of hydrogen-bond acceptors (Lipinski definition) is 2. The summed E-state index contributed by atoms with van der Waals surface area (Å²) in [5.74, 6) is 1.96. The summed E-state index contributed by atoms with van der Waals surface area (Å²) in [5, 5.41) is 0. The summed E-state index contributed by atoms with van der Waals surface area (Å²) in [4.78, 5) is 10.4. The van der Waals surface area contributed by atoms with E-state index >= 15 is 0 Å². The first-order valence-corrected chi connectivity index (χ1v) is 5.09. The molecule has 0 saturated heterocycles. The smallest absolute Gasteiger partial charge is 0 e. The van der Waals surface area contributed by atoms with Crippen LogP contribution in [-0.2, 0) is 40.6 Å². The van der Waals surface area contributed by atoms with Gasteiger partial charge in [-0.05, 0) is 18.6 Å². The van der Waals surface area contributed by atoms with Crippen LogP contribution < -0.4 is 0 Å². The van der Waals surface area contributed by atoms with Crippen molar-refractivity contribution in [1.29, 1.82) is 0 Å². The molecule has 21 heavy (non-hydrogen) atoms. The Hall–Kier alpha value is -2.05. The van der Waals surface area contributed by atoms with Gasteiger partial charge in [-0.3, -0.25) is 0 Å². The number of rotatable bonds is 4. The summed E-state index contributed by atoms with van der Waals surface area (Å²) in [5.41, 5.74) is 1.03. The van der Waals surface area contributed by atoms with Crippen molar-refractivity contribution >= 4 is 12.0 Å². The average Bonchev–Trinajstić information content (AvgIpc) is 2.58. The first-order chi connectivity index (χ1) is 9.86. The van der Waals surface area contributed by atoms with Gasteiger partial charge in [-0.15, -0.1) is 0 Å². The Morgan fingerprint density at radius 3 is 2.00 bits per heavy atom. The number of hydrogen-bond donors (Lipinski definition) is 0. The van der Waals surface area contributed by atoms with E-state index in [-0.39, 0.29) is 22.8 Å². The number of ether oxygens (including phenoxy) is 1. The van der Waals surface area contributed by atoms with Crippen LogP contribution in [0.5, 0.6) is 0 Å². The molecule has 0 aliphatic heterocycles. The molecule has 0 radical (unpaired) electrons. The zero-order chi connectivity index (χ0) is 16.2. The zero-order valence-corrected chi connectivity index (χ0v) is 12.2. The minimum Gasteiger partial charge on any atom is 0 e. The minimum atomic E-state index is 0. The fourth-order valence-electron chi connectivity index (χ4n) is 1.00. The van der Waals surface area contributed by atoms with Gasteiger partial charge in [0.05, 0.1) is 6.61 Å². The third kappa shape index (κ3) is 17.9. The van der Waals surface area contributed by atoms with Crippen LogP contribution in [0.4, 0.5) is 0 Å². The van der Waals surface area contributed by atoms with E-state index in [0.717, 1.165) is 5.56 Å². The zero-order valence-electron chi connectivity index (χ0n) is 11.1. The standard InChI is InChI=1S/C12H12O2.3CO.Fe/c1-2-14-12(10-13)9-8-11-6-4-3-5-7-11;3*1-2;/h3-9H,2H2,1H3;;;;/b9-8+;;;;. The topological polar surface area (TPSA) is 86.0 Å². The van der Waals surface area contributed by atoms with E-state index in [1.54, 1.807) is 12.0 Å². The van der Waals surface area contributed by atoms with Gasteiger partial charge in [-0.1, -0.05) is 36.4 Å². The van der Waals surface area contributed by atoms with Crippen LogP contribution in [0.3, 0.4) is 0 Å². The van der Waals surface area contributed by atoms with Crippen molar-refractivity contribution in [2.45, 2.75) is 6.92 Å². The molecule has 0 heterocycles. The van der Waals surface area contributed by atoms with Crippen LogP contribution in [0.25, 0.3) is 6.08 Å². The first-order valence-electron chi connectivity index (χ1n) is 5.09. The largest absolute Gasteiger partial charge is 0 e. The van der Waals surface area contributed by atoms with Gasteiger partial charge in [0.15, 0.2) is 5.94 Å². The van der Waals surface area contributed by atoms with Crippen molar-refractivity contribution in [2.75, 3.05) is 6.61 Å². The number of carbonyl (C=O) groups excluding carboxylic acids is 1. The molecule has 1 aromatic rings. The summed E-state index contributed by atoms with van der Waals surface area (Å²) < 4.78 is 27.5. The molecule has 5 nitrogen and oxygen atoms in total. The van der Waals surface area contributed by atoms with E-state index in [9.17, 15) is 4.79 Å². The molecule has 0 bridgehead atoms. The molecule has 0 fully saturated rings. The molecule has 0 spiro atoms.